The third kappa shape index (κ3) is 4.18. The van der Waals surface area contributed by atoms with Gasteiger partial charge in [0, 0.05) is 79.8 Å². The number of para-hydroxylation sites is 1. The molecule has 2 atom stereocenters. The molecule has 0 radical (unpaired) electrons. The van der Waals surface area contributed by atoms with Crippen molar-refractivity contribution in [2.45, 2.75) is 18.9 Å². The Morgan fingerprint density at radius 2 is 1.46 bits per heavy atom. The van der Waals surface area contributed by atoms with Gasteiger partial charge in [-0.1, -0.05) is 36.4 Å². The molecule has 3 aromatic carbocycles. The zero-order chi connectivity index (χ0) is 27.3. The molecule has 2 aliphatic rings. The summed E-state index contributed by atoms with van der Waals surface area (Å²) in [7, 11) is 3.82. The minimum Gasteiger partial charge on any atom is -0.368 e. The molecule has 2 unspecified atom stereocenters. The van der Waals surface area contributed by atoms with Crippen molar-refractivity contribution in [1.29, 1.82) is 0 Å². The second-order valence-corrected chi connectivity index (χ2v) is 10.6. The maximum Gasteiger partial charge on any atom is 0.254 e. The van der Waals surface area contributed by atoms with E-state index in [1.807, 2.05) is 79.7 Å². The molecule has 0 N–H and O–H groups in total. The highest BCUT2D eigenvalue weighted by molar-refractivity contribution is 6.02. The molecule has 0 bridgehead atoms. The smallest absolute Gasteiger partial charge is 0.254 e. The fourth-order valence-electron chi connectivity index (χ4n) is 6.23. The molecule has 0 saturated carbocycles. The lowest BCUT2D eigenvalue weighted by Crippen LogP contribution is -2.53. The maximum absolute atomic E-state index is 14.4. The lowest BCUT2D eigenvalue weighted by molar-refractivity contribution is -0.134. The number of carbonyl (C=O) groups is 3. The van der Waals surface area contributed by atoms with E-state index in [1.165, 1.54) is 0 Å². The Morgan fingerprint density at radius 3 is 2.18 bits per heavy atom. The number of fused-ring (bicyclic) bond motifs is 2. The van der Waals surface area contributed by atoms with Gasteiger partial charge in [-0.2, -0.15) is 0 Å². The summed E-state index contributed by atoms with van der Waals surface area (Å²) in [6.07, 6.45) is 2.07. The van der Waals surface area contributed by atoms with Gasteiger partial charge in [0.15, 0.2) is 5.78 Å². The van der Waals surface area contributed by atoms with Gasteiger partial charge < -0.3 is 19.3 Å². The zero-order valence-electron chi connectivity index (χ0n) is 22.5. The predicted octanol–water partition coefficient (Wildman–Crippen LogP) is 4.64. The number of rotatable bonds is 4. The first kappa shape index (κ1) is 24.9. The summed E-state index contributed by atoms with van der Waals surface area (Å²) in [5.41, 5.74) is 5.20. The quantitative estimate of drug-likeness (QED) is 0.368. The number of piperazine rings is 1. The normalized spacial score (nSPS) is 19.4. The van der Waals surface area contributed by atoms with E-state index in [9.17, 15) is 14.4 Å². The van der Waals surface area contributed by atoms with Gasteiger partial charge in [-0.05, 0) is 48.9 Å². The highest BCUT2D eigenvalue weighted by Crippen LogP contribution is 2.45. The summed E-state index contributed by atoms with van der Waals surface area (Å²) in [6, 6.07) is 22.9. The van der Waals surface area contributed by atoms with Gasteiger partial charge >= 0.3 is 0 Å². The summed E-state index contributed by atoms with van der Waals surface area (Å²) >= 11 is 0. The standard InChI is InChI=1S/C32H32N4O3/c1-21(37)22-12-14-23(15-13-22)35-16-18-36(19-17-35)32(39)29-25-9-4-5-10-26(25)31(38)34(3)30(29)27-20-33(2)28-11-7-6-8-24(27)28/h4-15,20,29-30H,16-19H2,1-3H3. The Balaban J connectivity index is 1.33. The van der Waals surface area contributed by atoms with Crippen molar-refractivity contribution in [2.24, 2.45) is 7.05 Å². The van der Waals surface area contributed by atoms with Gasteiger partial charge in [0.1, 0.15) is 0 Å². The average molecular weight is 521 g/mol. The fourth-order valence-corrected chi connectivity index (χ4v) is 6.23. The number of likely N-dealkylation sites (N-methyl/N-ethyl adjacent to an activating group) is 1. The molecular weight excluding hydrogens is 488 g/mol. The van der Waals surface area contributed by atoms with Gasteiger partial charge in [0.05, 0.1) is 12.0 Å². The van der Waals surface area contributed by atoms with E-state index in [0.717, 1.165) is 27.7 Å². The molecule has 6 rings (SSSR count). The van der Waals surface area contributed by atoms with E-state index in [-0.39, 0.29) is 17.6 Å². The largest absolute Gasteiger partial charge is 0.368 e. The Morgan fingerprint density at radius 1 is 0.795 bits per heavy atom. The zero-order valence-corrected chi connectivity index (χ0v) is 22.5. The van der Waals surface area contributed by atoms with Crippen molar-refractivity contribution in [3.05, 3.63) is 101 Å². The number of anilines is 1. The molecule has 7 heteroatoms. The van der Waals surface area contributed by atoms with E-state index in [1.54, 1.807) is 11.8 Å². The first-order valence-electron chi connectivity index (χ1n) is 13.4. The van der Waals surface area contributed by atoms with Crippen LogP contribution in [0.15, 0.2) is 79.0 Å². The van der Waals surface area contributed by atoms with Crippen LogP contribution < -0.4 is 4.90 Å². The van der Waals surface area contributed by atoms with Gasteiger partial charge in [-0.15, -0.1) is 0 Å². The second kappa shape index (κ2) is 9.73. The highest BCUT2D eigenvalue weighted by Gasteiger charge is 2.45. The molecular formula is C32H32N4O3. The SMILES string of the molecule is CC(=O)c1ccc(N2CCN(C(=O)C3c4ccccc4C(=O)N(C)C3c3cn(C)c4ccccc34)CC2)cc1. The third-order valence-electron chi connectivity index (χ3n) is 8.32. The number of ketones is 1. The van der Waals surface area contributed by atoms with Crippen LogP contribution in [0.2, 0.25) is 0 Å². The molecule has 1 fully saturated rings. The van der Waals surface area contributed by atoms with E-state index in [2.05, 4.69) is 27.8 Å². The summed E-state index contributed by atoms with van der Waals surface area (Å²) in [6.45, 7) is 4.15. The Labute approximate surface area is 228 Å². The molecule has 0 spiro atoms. The van der Waals surface area contributed by atoms with Gasteiger partial charge in [-0.3, -0.25) is 14.4 Å². The van der Waals surface area contributed by atoms with Crippen LogP contribution in [0.5, 0.6) is 0 Å². The lowest BCUT2D eigenvalue weighted by atomic mass is 9.79. The molecule has 1 aromatic heterocycles. The van der Waals surface area contributed by atoms with Crippen molar-refractivity contribution in [3.63, 3.8) is 0 Å². The number of carbonyl (C=O) groups excluding carboxylic acids is 3. The predicted molar refractivity (Wildman–Crippen MR) is 152 cm³/mol. The average Bonchev–Trinajstić information content (AvgIpc) is 3.30. The van der Waals surface area contributed by atoms with Crippen LogP contribution in [-0.2, 0) is 11.8 Å². The molecule has 2 amide bonds. The summed E-state index contributed by atoms with van der Waals surface area (Å²) < 4.78 is 2.07. The molecule has 7 nitrogen and oxygen atoms in total. The third-order valence-corrected chi connectivity index (χ3v) is 8.32. The lowest BCUT2D eigenvalue weighted by Gasteiger charge is -2.43. The van der Waals surface area contributed by atoms with Crippen molar-refractivity contribution >= 4 is 34.2 Å². The van der Waals surface area contributed by atoms with Crippen LogP contribution >= 0.6 is 0 Å². The van der Waals surface area contributed by atoms with Crippen molar-refractivity contribution < 1.29 is 14.4 Å². The first-order valence-corrected chi connectivity index (χ1v) is 13.4. The number of nitrogens with zero attached hydrogens (tertiary/aromatic N) is 4. The number of hydrogen-bond acceptors (Lipinski definition) is 4. The minimum absolute atomic E-state index is 0.0475. The Hall–Kier alpha value is -4.39. The van der Waals surface area contributed by atoms with Crippen LogP contribution in [0.4, 0.5) is 5.69 Å². The van der Waals surface area contributed by atoms with Crippen LogP contribution in [-0.4, -0.2) is 65.2 Å². The number of aromatic nitrogens is 1. The molecule has 198 valence electrons. The van der Waals surface area contributed by atoms with Crippen LogP contribution in [0, 0.1) is 0 Å². The van der Waals surface area contributed by atoms with E-state index < -0.39 is 12.0 Å². The second-order valence-electron chi connectivity index (χ2n) is 10.6. The molecule has 39 heavy (non-hydrogen) atoms. The summed E-state index contributed by atoms with van der Waals surface area (Å²) in [4.78, 5) is 45.5. The van der Waals surface area contributed by atoms with E-state index >= 15 is 0 Å². The van der Waals surface area contributed by atoms with E-state index in [0.29, 0.717) is 37.3 Å². The molecule has 0 aliphatic carbocycles. The fraction of sp³-hybridized carbons (Fsp3) is 0.281. The number of amides is 2. The Bertz CT molecular complexity index is 1580. The molecule has 1 saturated heterocycles. The van der Waals surface area contributed by atoms with Gasteiger partial charge in [0.25, 0.3) is 5.91 Å². The first-order chi connectivity index (χ1) is 18.8. The molecule has 2 aliphatic heterocycles. The summed E-state index contributed by atoms with van der Waals surface area (Å²) in [5, 5.41) is 1.06. The van der Waals surface area contributed by atoms with Crippen molar-refractivity contribution in [2.75, 3.05) is 38.1 Å². The van der Waals surface area contributed by atoms with Crippen LogP contribution in [0.1, 0.15) is 50.7 Å². The van der Waals surface area contributed by atoms with Crippen LogP contribution in [0.3, 0.4) is 0 Å². The monoisotopic (exact) mass is 520 g/mol. The molecule has 4 aromatic rings. The van der Waals surface area contributed by atoms with Crippen LogP contribution in [0.25, 0.3) is 10.9 Å². The van der Waals surface area contributed by atoms with Gasteiger partial charge in [-0.25, -0.2) is 0 Å². The minimum atomic E-state index is -0.504. The maximum atomic E-state index is 14.4. The number of aryl methyl sites for hydroxylation is 1. The number of hydrogen-bond donors (Lipinski definition) is 0. The summed E-state index contributed by atoms with van der Waals surface area (Å²) in [5.74, 6) is -0.470. The highest BCUT2D eigenvalue weighted by atomic mass is 16.2. The van der Waals surface area contributed by atoms with Crippen molar-refractivity contribution in [3.8, 4) is 0 Å². The van der Waals surface area contributed by atoms with Gasteiger partial charge in [0.2, 0.25) is 5.91 Å². The van der Waals surface area contributed by atoms with E-state index in [4.69, 9.17) is 0 Å². The topological polar surface area (TPSA) is 65.9 Å². The Kier molecular flexibility index (Phi) is 6.22. The number of Topliss-reactive ketones (excluding diaryl/α,β-unsaturated/α-hetero) is 1. The van der Waals surface area contributed by atoms with Crippen molar-refractivity contribution in [1.82, 2.24) is 14.4 Å². The molecule has 3 heterocycles. The number of benzene rings is 3.